The van der Waals surface area contributed by atoms with Crippen LogP contribution < -0.4 is 0 Å². The van der Waals surface area contributed by atoms with E-state index in [1.807, 2.05) is 6.07 Å². The summed E-state index contributed by atoms with van der Waals surface area (Å²) < 4.78 is 13.9. The van der Waals surface area contributed by atoms with Crippen LogP contribution in [0.4, 0.5) is 4.39 Å². The largest absolute Gasteiger partial charge is 0.207 e. The molecule has 0 saturated heterocycles. The van der Waals surface area contributed by atoms with E-state index < -0.39 is 0 Å². The lowest BCUT2D eigenvalue weighted by Gasteiger charge is -2.21. The Kier molecular flexibility index (Phi) is 5.04. The highest BCUT2D eigenvalue weighted by Gasteiger charge is 2.24. The van der Waals surface area contributed by atoms with E-state index in [2.05, 4.69) is 31.9 Å². The van der Waals surface area contributed by atoms with Gasteiger partial charge in [0.15, 0.2) is 0 Å². The highest BCUT2D eigenvalue weighted by Crippen LogP contribution is 2.35. The molecule has 1 fully saturated rings. The molecule has 0 spiro atoms. The van der Waals surface area contributed by atoms with Gasteiger partial charge < -0.3 is 0 Å². The molecule has 1 aliphatic carbocycles. The third-order valence-electron chi connectivity index (χ3n) is 3.76. The van der Waals surface area contributed by atoms with Crippen molar-refractivity contribution in [1.82, 2.24) is 0 Å². The van der Waals surface area contributed by atoms with Gasteiger partial charge in [0.25, 0.3) is 0 Å². The molecule has 0 amide bonds. The lowest BCUT2D eigenvalue weighted by atomic mass is 9.87. The van der Waals surface area contributed by atoms with Gasteiger partial charge in [0.2, 0.25) is 0 Å². The van der Waals surface area contributed by atoms with E-state index in [1.54, 1.807) is 12.1 Å². The molecule has 1 atom stereocenters. The molecular formula is C14H17Br2F. The summed E-state index contributed by atoms with van der Waals surface area (Å²) in [4.78, 5) is 0. The van der Waals surface area contributed by atoms with Crippen LogP contribution in [-0.4, -0.2) is 5.33 Å². The molecule has 17 heavy (non-hydrogen) atoms. The van der Waals surface area contributed by atoms with Crippen LogP contribution in [0.5, 0.6) is 0 Å². The fourth-order valence-electron chi connectivity index (χ4n) is 2.75. The first kappa shape index (κ1) is 13.5. The Morgan fingerprint density at radius 2 is 2.00 bits per heavy atom. The Morgan fingerprint density at radius 3 is 2.59 bits per heavy atom. The van der Waals surface area contributed by atoms with Gasteiger partial charge >= 0.3 is 0 Å². The Morgan fingerprint density at radius 1 is 1.29 bits per heavy atom. The van der Waals surface area contributed by atoms with E-state index in [4.69, 9.17) is 0 Å². The monoisotopic (exact) mass is 362 g/mol. The van der Waals surface area contributed by atoms with Crippen LogP contribution >= 0.6 is 31.9 Å². The van der Waals surface area contributed by atoms with E-state index in [0.717, 1.165) is 22.1 Å². The molecule has 1 unspecified atom stereocenters. The first-order valence-corrected chi connectivity index (χ1v) is 8.12. The molecule has 0 aromatic heterocycles. The Bertz CT molecular complexity index is 372. The first-order valence-electron chi connectivity index (χ1n) is 6.20. The summed E-state index contributed by atoms with van der Waals surface area (Å²) in [5, 5.41) is 1.04. The number of benzene rings is 1. The maximum Gasteiger partial charge on any atom is 0.124 e. The molecule has 1 saturated carbocycles. The molecule has 0 heterocycles. The van der Waals surface area contributed by atoms with Crippen molar-refractivity contribution >= 4 is 31.9 Å². The van der Waals surface area contributed by atoms with Crippen molar-refractivity contribution in [3.8, 4) is 0 Å². The Balaban J connectivity index is 2.06. The first-order chi connectivity index (χ1) is 8.20. The second kappa shape index (κ2) is 6.33. The Labute approximate surface area is 119 Å². The maximum atomic E-state index is 13.0. The van der Waals surface area contributed by atoms with Gasteiger partial charge in [-0.1, -0.05) is 63.6 Å². The molecule has 0 radical (unpaired) electrons. The summed E-state index contributed by atoms with van der Waals surface area (Å²) in [5.74, 6) is 1.35. The molecule has 3 heteroatoms. The normalized spacial score (nSPS) is 18.5. The zero-order valence-electron chi connectivity index (χ0n) is 9.76. The number of hydrogen-bond acceptors (Lipinski definition) is 0. The van der Waals surface area contributed by atoms with E-state index >= 15 is 0 Å². The van der Waals surface area contributed by atoms with Crippen molar-refractivity contribution in [2.45, 2.75) is 32.1 Å². The van der Waals surface area contributed by atoms with Gasteiger partial charge in [0, 0.05) is 9.80 Å². The third kappa shape index (κ3) is 3.54. The zero-order chi connectivity index (χ0) is 12.3. The highest BCUT2D eigenvalue weighted by molar-refractivity contribution is 9.10. The predicted molar refractivity (Wildman–Crippen MR) is 77.0 cm³/mol. The number of rotatable bonds is 4. The molecular weight excluding hydrogens is 347 g/mol. The summed E-state index contributed by atoms with van der Waals surface area (Å²) in [6, 6.07) is 5.03. The van der Waals surface area contributed by atoms with E-state index in [0.29, 0.717) is 5.92 Å². The van der Waals surface area contributed by atoms with Gasteiger partial charge in [-0.05, 0) is 36.0 Å². The lowest BCUT2D eigenvalue weighted by molar-refractivity contribution is 0.372. The quantitative estimate of drug-likeness (QED) is 0.634. The average Bonchev–Trinajstić information content (AvgIpc) is 2.81. The van der Waals surface area contributed by atoms with Crippen LogP contribution in [-0.2, 0) is 6.42 Å². The van der Waals surface area contributed by atoms with Crippen molar-refractivity contribution in [2.24, 2.45) is 11.8 Å². The summed E-state index contributed by atoms with van der Waals surface area (Å²) >= 11 is 7.09. The highest BCUT2D eigenvalue weighted by atomic mass is 79.9. The van der Waals surface area contributed by atoms with Gasteiger partial charge in [0.1, 0.15) is 5.82 Å². The van der Waals surface area contributed by atoms with Crippen molar-refractivity contribution in [2.75, 3.05) is 5.33 Å². The Hall–Kier alpha value is 0.110. The van der Waals surface area contributed by atoms with Gasteiger partial charge in [-0.25, -0.2) is 4.39 Å². The minimum Gasteiger partial charge on any atom is -0.207 e. The number of hydrogen-bond donors (Lipinski definition) is 0. The van der Waals surface area contributed by atoms with E-state index in [-0.39, 0.29) is 5.82 Å². The SMILES string of the molecule is Fc1ccc(CC(CBr)C2CCCC2)c(Br)c1. The predicted octanol–water partition coefficient (Wildman–Crippen LogP) is 5.33. The summed E-state index contributed by atoms with van der Waals surface area (Å²) in [7, 11) is 0. The van der Waals surface area contributed by atoms with Gasteiger partial charge in [-0.15, -0.1) is 0 Å². The standard InChI is InChI=1S/C14H17Br2F/c15-9-12(10-3-1-2-4-10)7-11-5-6-13(17)8-14(11)16/h5-6,8,10,12H,1-4,7,9H2. The molecule has 0 nitrogen and oxygen atoms in total. The van der Waals surface area contributed by atoms with Crippen molar-refractivity contribution in [1.29, 1.82) is 0 Å². The smallest absolute Gasteiger partial charge is 0.124 e. The second-order valence-corrected chi connectivity index (χ2v) is 6.40. The molecule has 1 aliphatic rings. The molecule has 94 valence electrons. The van der Waals surface area contributed by atoms with E-state index in [9.17, 15) is 4.39 Å². The molecule has 1 aromatic carbocycles. The van der Waals surface area contributed by atoms with Crippen molar-refractivity contribution in [3.05, 3.63) is 34.1 Å². The number of halogens is 3. The molecule has 0 bridgehead atoms. The summed E-state index contributed by atoms with van der Waals surface area (Å²) in [6.07, 6.45) is 6.50. The lowest BCUT2D eigenvalue weighted by Crippen LogP contribution is -2.16. The van der Waals surface area contributed by atoms with Crippen molar-refractivity contribution in [3.63, 3.8) is 0 Å². The maximum absolute atomic E-state index is 13.0. The van der Waals surface area contributed by atoms with Crippen LogP contribution in [0.25, 0.3) is 0 Å². The average molecular weight is 364 g/mol. The van der Waals surface area contributed by atoms with Crippen molar-refractivity contribution < 1.29 is 4.39 Å². The molecule has 0 N–H and O–H groups in total. The minimum atomic E-state index is -0.170. The second-order valence-electron chi connectivity index (χ2n) is 4.90. The van der Waals surface area contributed by atoms with Crippen LogP contribution in [0, 0.1) is 17.7 Å². The zero-order valence-corrected chi connectivity index (χ0v) is 12.9. The van der Waals surface area contributed by atoms with Gasteiger partial charge in [-0.3, -0.25) is 0 Å². The third-order valence-corrected chi connectivity index (χ3v) is 5.33. The van der Waals surface area contributed by atoms with Gasteiger partial charge in [-0.2, -0.15) is 0 Å². The summed E-state index contributed by atoms with van der Waals surface area (Å²) in [5.41, 5.74) is 1.22. The molecule has 0 aliphatic heterocycles. The minimum absolute atomic E-state index is 0.170. The fraction of sp³-hybridized carbons (Fsp3) is 0.571. The summed E-state index contributed by atoms with van der Waals surface area (Å²) in [6.45, 7) is 0. The fourth-order valence-corrected chi connectivity index (χ4v) is 4.02. The van der Waals surface area contributed by atoms with Crippen LogP contribution in [0.3, 0.4) is 0 Å². The van der Waals surface area contributed by atoms with E-state index in [1.165, 1.54) is 31.2 Å². The topological polar surface area (TPSA) is 0 Å². The van der Waals surface area contributed by atoms with Crippen LogP contribution in [0.15, 0.2) is 22.7 Å². The van der Waals surface area contributed by atoms with Gasteiger partial charge in [0.05, 0.1) is 0 Å². The molecule has 2 rings (SSSR count). The van der Waals surface area contributed by atoms with Crippen LogP contribution in [0.1, 0.15) is 31.2 Å². The molecule has 1 aromatic rings. The number of alkyl halides is 1. The van der Waals surface area contributed by atoms with Crippen LogP contribution in [0.2, 0.25) is 0 Å².